The summed E-state index contributed by atoms with van der Waals surface area (Å²) in [5.74, 6) is 1.96. The van der Waals surface area contributed by atoms with Crippen molar-refractivity contribution in [2.24, 2.45) is 7.05 Å². The fourth-order valence-corrected chi connectivity index (χ4v) is 4.50. The number of hydrogen-bond donors (Lipinski definition) is 1. The van der Waals surface area contributed by atoms with Gasteiger partial charge >= 0.3 is 0 Å². The average Bonchev–Trinajstić information content (AvgIpc) is 3.33. The summed E-state index contributed by atoms with van der Waals surface area (Å²) in [5, 5.41) is 12.8. The zero-order chi connectivity index (χ0) is 21.8. The Kier molecular flexibility index (Phi) is 6.59. The first kappa shape index (κ1) is 21.4. The lowest BCUT2D eigenvalue weighted by Gasteiger charge is -2.07. The third kappa shape index (κ3) is 5.09. The number of aromatic nitrogens is 4. The number of carbonyl (C=O) groups is 1. The number of fused-ring (bicyclic) bond motifs is 1. The molecule has 0 aliphatic heterocycles. The van der Waals surface area contributed by atoms with E-state index in [1.54, 1.807) is 23.8 Å². The first-order valence-electron chi connectivity index (χ1n) is 9.16. The van der Waals surface area contributed by atoms with Crippen LogP contribution in [-0.2, 0) is 18.4 Å². The summed E-state index contributed by atoms with van der Waals surface area (Å²) in [6.45, 7) is 0.217. The van der Waals surface area contributed by atoms with Crippen LogP contribution in [0.25, 0.3) is 10.2 Å². The molecule has 11 heteroatoms. The van der Waals surface area contributed by atoms with Crippen molar-refractivity contribution in [3.8, 4) is 11.5 Å². The van der Waals surface area contributed by atoms with Crippen LogP contribution in [0.2, 0.25) is 5.02 Å². The van der Waals surface area contributed by atoms with Gasteiger partial charge in [0.15, 0.2) is 16.1 Å². The molecule has 1 amide bonds. The van der Waals surface area contributed by atoms with Gasteiger partial charge in [-0.2, -0.15) is 0 Å². The Morgan fingerprint density at radius 3 is 2.90 bits per heavy atom. The highest BCUT2D eigenvalue weighted by atomic mass is 35.5. The molecule has 31 heavy (non-hydrogen) atoms. The van der Waals surface area contributed by atoms with Gasteiger partial charge in [0.05, 0.1) is 28.1 Å². The Labute approximate surface area is 191 Å². The first-order chi connectivity index (χ1) is 15.0. The number of ether oxygens (including phenoxy) is 2. The van der Waals surface area contributed by atoms with Crippen LogP contribution in [0.3, 0.4) is 0 Å². The average molecular weight is 476 g/mol. The van der Waals surface area contributed by atoms with Crippen LogP contribution >= 0.6 is 34.7 Å². The fraction of sp³-hybridized carbons (Fsp3) is 0.200. The van der Waals surface area contributed by atoms with Crippen molar-refractivity contribution in [3.05, 3.63) is 53.3 Å². The second-order valence-electron chi connectivity index (χ2n) is 6.37. The predicted octanol–water partition coefficient (Wildman–Crippen LogP) is 4.40. The number of benzene rings is 2. The molecule has 4 rings (SSSR count). The van der Waals surface area contributed by atoms with Crippen molar-refractivity contribution in [2.75, 3.05) is 18.2 Å². The summed E-state index contributed by atoms with van der Waals surface area (Å²) in [4.78, 5) is 16.8. The molecule has 0 fully saturated rings. The van der Waals surface area contributed by atoms with E-state index >= 15 is 0 Å². The molecule has 2 aromatic heterocycles. The molecule has 0 saturated heterocycles. The Hall–Kier alpha value is -2.82. The zero-order valence-corrected chi connectivity index (χ0v) is 19.1. The number of nitrogens with one attached hydrogen (secondary N) is 1. The highest BCUT2D eigenvalue weighted by Gasteiger charge is 2.14. The SMILES string of the molecule is COc1ccc2nc(NC(=O)CSc3nnc(COc4ccccc4Cl)n3C)sc2c1. The van der Waals surface area contributed by atoms with E-state index in [0.717, 1.165) is 16.0 Å². The minimum Gasteiger partial charge on any atom is -0.497 e. The van der Waals surface area contributed by atoms with Crippen molar-refractivity contribution in [1.82, 2.24) is 19.7 Å². The Morgan fingerprint density at radius 2 is 2.10 bits per heavy atom. The standard InChI is InChI=1S/C20H18ClN5O3S2/c1-26-17(10-29-15-6-4-3-5-13(15)21)24-25-20(26)30-11-18(27)23-19-22-14-8-7-12(28-2)9-16(14)31-19/h3-9H,10-11H2,1-2H3,(H,22,23,27). The molecule has 0 aliphatic carbocycles. The summed E-state index contributed by atoms with van der Waals surface area (Å²) in [6, 6.07) is 12.8. The van der Waals surface area contributed by atoms with E-state index in [9.17, 15) is 4.79 Å². The van der Waals surface area contributed by atoms with Crippen LogP contribution in [0.4, 0.5) is 5.13 Å². The number of amides is 1. The highest BCUT2D eigenvalue weighted by molar-refractivity contribution is 7.99. The molecule has 0 unspecified atom stereocenters. The summed E-state index contributed by atoms with van der Waals surface area (Å²) in [5.41, 5.74) is 0.810. The molecule has 0 saturated carbocycles. The highest BCUT2D eigenvalue weighted by Crippen LogP contribution is 2.29. The number of methoxy groups -OCH3 is 1. The van der Waals surface area contributed by atoms with Gasteiger partial charge in [0.2, 0.25) is 5.91 Å². The molecule has 0 aliphatic rings. The molecular weight excluding hydrogens is 458 g/mol. The van der Waals surface area contributed by atoms with Crippen LogP contribution in [0, 0.1) is 0 Å². The third-order valence-corrected chi connectivity index (χ3v) is 6.56. The van der Waals surface area contributed by atoms with Gasteiger partial charge < -0.3 is 19.4 Å². The maximum Gasteiger partial charge on any atom is 0.236 e. The van der Waals surface area contributed by atoms with E-state index in [1.807, 2.05) is 37.4 Å². The molecule has 8 nitrogen and oxygen atoms in total. The third-order valence-electron chi connectivity index (χ3n) is 4.29. The van der Waals surface area contributed by atoms with Crippen molar-refractivity contribution < 1.29 is 14.3 Å². The van der Waals surface area contributed by atoms with Crippen LogP contribution in [0.5, 0.6) is 11.5 Å². The van der Waals surface area contributed by atoms with Gasteiger partial charge in [-0.15, -0.1) is 10.2 Å². The van der Waals surface area contributed by atoms with Gasteiger partial charge in [0, 0.05) is 7.05 Å². The number of thioether (sulfide) groups is 1. The second-order valence-corrected chi connectivity index (χ2v) is 8.75. The van der Waals surface area contributed by atoms with E-state index in [4.69, 9.17) is 21.1 Å². The Balaban J connectivity index is 1.33. The number of nitrogens with zero attached hydrogens (tertiary/aromatic N) is 4. The molecule has 1 N–H and O–H groups in total. The van der Waals surface area contributed by atoms with Crippen LogP contribution < -0.4 is 14.8 Å². The number of thiazole rings is 1. The molecule has 0 atom stereocenters. The number of anilines is 1. The Bertz CT molecular complexity index is 1230. The van der Waals surface area contributed by atoms with Crippen molar-refractivity contribution in [1.29, 1.82) is 0 Å². The fourth-order valence-electron chi connectivity index (χ4n) is 2.67. The van der Waals surface area contributed by atoms with Gasteiger partial charge in [-0.05, 0) is 30.3 Å². The smallest absolute Gasteiger partial charge is 0.236 e. The Morgan fingerprint density at radius 1 is 1.26 bits per heavy atom. The molecule has 0 bridgehead atoms. The first-order valence-corrected chi connectivity index (χ1v) is 11.3. The van der Waals surface area contributed by atoms with Gasteiger partial charge in [-0.3, -0.25) is 4.79 Å². The number of para-hydroxylation sites is 1. The molecule has 0 radical (unpaired) electrons. The maximum atomic E-state index is 12.4. The minimum absolute atomic E-state index is 0.173. The number of halogens is 1. The second kappa shape index (κ2) is 9.54. The summed E-state index contributed by atoms with van der Waals surface area (Å²) < 4.78 is 13.7. The van der Waals surface area contributed by atoms with E-state index in [1.165, 1.54) is 23.1 Å². The lowest BCUT2D eigenvalue weighted by Crippen LogP contribution is -2.14. The number of hydrogen-bond acceptors (Lipinski definition) is 8. The molecule has 2 aromatic carbocycles. The summed E-state index contributed by atoms with van der Waals surface area (Å²) in [7, 11) is 3.44. The van der Waals surface area contributed by atoms with Gasteiger partial charge in [0.25, 0.3) is 0 Å². The van der Waals surface area contributed by atoms with E-state index in [2.05, 4.69) is 20.5 Å². The van der Waals surface area contributed by atoms with Crippen LogP contribution in [-0.4, -0.2) is 38.5 Å². The van der Waals surface area contributed by atoms with Gasteiger partial charge in [0.1, 0.15) is 18.1 Å². The molecular formula is C20H18ClN5O3S2. The number of rotatable bonds is 8. The number of carbonyl (C=O) groups excluding carboxylic acids is 1. The summed E-state index contributed by atoms with van der Waals surface area (Å²) >= 11 is 8.78. The predicted molar refractivity (Wildman–Crippen MR) is 122 cm³/mol. The van der Waals surface area contributed by atoms with Crippen LogP contribution in [0.15, 0.2) is 47.6 Å². The lowest BCUT2D eigenvalue weighted by molar-refractivity contribution is -0.113. The zero-order valence-electron chi connectivity index (χ0n) is 16.7. The van der Waals surface area contributed by atoms with Gasteiger partial charge in [-0.1, -0.05) is 46.8 Å². The topological polar surface area (TPSA) is 91.2 Å². The minimum atomic E-state index is -0.173. The lowest BCUT2D eigenvalue weighted by atomic mass is 10.3. The van der Waals surface area contributed by atoms with E-state index in [-0.39, 0.29) is 18.3 Å². The van der Waals surface area contributed by atoms with Crippen molar-refractivity contribution in [3.63, 3.8) is 0 Å². The molecule has 160 valence electrons. The van der Waals surface area contributed by atoms with Crippen LogP contribution in [0.1, 0.15) is 5.82 Å². The van der Waals surface area contributed by atoms with E-state index in [0.29, 0.717) is 26.9 Å². The van der Waals surface area contributed by atoms with Crippen molar-refractivity contribution >= 4 is 56.0 Å². The monoisotopic (exact) mass is 475 g/mol. The normalized spacial score (nSPS) is 10.9. The largest absolute Gasteiger partial charge is 0.497 e. The van der Waals surface area contributed by atoms with Gasteiger partial charge in [-0.25, -0.2) is 4.98 Å². The molecule has 2 heterocycles. The maximum absolute atomic E-state index is 12.4. The van der Waals surface area contributed by atoms with E-state index < -0.39 is 0 Å². The van der Waals surface area contributed by atoms with Crippen molar-refractivity contribution in [2.45, 2.75) is 11.8 Å². The molecule has 0 spiro atoms. The quantitative estimate of drug-likeness (QED) is 0.378. The molecule has 4 aromatic rings. The summed E-state index contributed by atoms with van der Waals surface area (Å²) in [6.07, 6.45) is 0.